The van der Waals surface area contributed by atoms with Gasteiger partial charge in [0.2, 0.25) is 23.7 Å². The molecule has 0 radical (unpaired) electrons. The van der Waals surface area contributed by atoms with Gasteiger partial charge in [-0.1, -0.05) is 23.2 Å². The normalized spacial score (nSPS) is 11.5. The molecule has 0 aliphatic rings. The van der Waals surface area contributed by atoms with Crippen molar-refractivity contribution in [1.29, 1.82) is 0 Å². The Morgan fingerprint density at radius 1 is 0.652 bits per heavy atom. The first-order valence-corrected chi connectivity index (χ1v) is 23.6. The average Bonchev–Trinajstić information content (AvgIpc) is 3.86. The van der Waals surface area contributed by atoms with Gasteiger partial charge in [0, 0.05) is 92.8 Å². The molecule has 1 atom stereocenters. The summed E-state index contributed by atoms with van der Waals surface area (Å²) in [5.41, 5.74) is 6.09. The Hall–Kier alpha value is -5.16. The molecule has 0 aliphatic carbocycles. The fraction of sp³-hybridized carbons (Fsp3) is 0.227. The minimum Gasteiger partial charge on any atom is -0.773 e. The second kappa shape index (κ2) is 23.5. The number of nitrogens with zero attached hydrogens (tertiary/aromatic N) is 6. The number of aromatic amines is 2. The van der Waals surface area contributed by atoms with Crippen molar-refractivity contribution < 1.29 is 73.8 Å². The van der Waals surface area contributed by atoms with E-state index >= 15 is 0 Å². The van der Waals surface area contributed by atoms with Crippen LogP contribution in [-0.2, 0) is 59.4 Å². The molecule has 0 spiro atoms. The maximum Gasteiger partial charge on any atom is 1.00 e. The van der Waals surface area contributed by atoms with Gasteiger partial charge in [-0.05, 0) is 95.4 Å². The van der Waals surface area contributed by atoms with Crippen LogP contribution in [-0.4, -0.2) is 83.8 Å². The van der Waals surface area contributed by atoms with Crippen LogP contribution in [0.1, 0.15) is 44.8 Å². The molecule has 0 aromatic carbocycles. The quantitative estimate of drug-likeness (QED) is 0.0700. The maximum absolute atomic E-state index is 14.7. The summed E-state index contributed by atoms with van der Waals surface area (Å²) < 4.78 is 109. The SMILES string of the molecule is COc1ncc(F)cc1CCc1ccc(Cc2c[nH]c3ncc(Br)cc23)c(F)n1.COc1ncc(F)cc1CCc1ccc(Cc2c[nH]c3ncc(S(C)(=O)=O)cc23)c(F)n1.CS(=O)[O-].[Na+]. The third kappa shape index (κ3) is 13.9. The molecule has 0 saturated carbocycles. The third-order valence-electron chi connectivity index (χ3n) is 9.80. The molecule has 66 heavy (non-hydrogen) atoms. The Labute approximate surface area is 410 Å². The smallest absolute Gasteiger partial charge is 0.773 e. The van der Waals surface area contributed by atoms with Gasteiger partial charge < -0.3 is 24.0 Å². The van der Waals surface area contributed by atoms with Crippen molar-refractivity contribution in [2.75, 3.05) is 26.7 Å². The molecule has 340 valence electrons. The fourth-order valence-electron chi connectivity index (χ4n) is 6.71. The van der Waals surface area contributed by atoms with E-state index in [0.29, 0.717) is 94.1 Å². The van der Waals surface area contributed by atoms with E-state index in [-0.39, 0.29) is 40.9 Å². The number of methoxy groups -OCH3 is 2. The zero-order valence-electron chi connectivity index (χ0n) is 36.2. The van der Waals surface area contributed by atoms with Crippen LogP contribution >= 0.6 is 15.9 Å². The van der Waals surface area contributed by atoms with Crippen molar-refractivity contribution in [2.45, 2.75) is 43.4 Å². The molecule has 22 heteroatoms. The van der Waals surface area contributed by atoms with E-state index in [1.165, 1.54) is 38.6 Å². The molecular weight excluding hydrogens is 980 g/mol. The van der Waals surface area contributed by atoms with Gasteiger partial charge >= 0.3 is 29.6 Å². The monoisotopic (exact) mass is 1020 g/mol. The number of aromatic nitrogens is 8. The Morgan fingerprint density at radius 2 is 1.09 bits per heavy atom. The summed E-state index contributed by atoms with van der Waals surface area (Å²) in [6, 6.07) is 13.1. The number of hydrogen-bond donors (Lipinski definition) is 2. The van der Waals surface area contributed by atoms with Crippen molar-refractivity contribution in [3.63, 3.8) is 0 Å². The predicted molar refractivity (Wildman–Crippen MR) is 238 cm³/mol. The molecule has 1 unspecified atom stereocenters. The number of aryl methyl sites for hydroxylation is 4. The van der Waals surface area contributed by atoms with Gasteiger partial charge in [-0.2, -0.15) is 8.78 Å². The van der Waals surface area contributed by atoms with Crippen LogP contribution in [0.2, 0.25) is 0 Å². The third-order valence-corrected chi connectivity index (χ3v) is 11.3. The van der Waals surface area contributed by atoms with Gasteiger partial charge in [-0.15, -0.1) is 0 Å². The van der Waals surface area contributed by atoms with Gasteiger partial charge in [0.1, 0.15) is 22.9 Å². The molecule has 8 aromatic heterocycles. The standard InChI is InChI=1S/C22H20F2N4O3S.C21H17BrF2N4O.CH4O2S.Na/c1-31-22-14(8-16(23)11-27-22)4-6-17-5-3-13(20(24)28-17)7-15-10-25-21-19(15)9-18(12-26-21)32(2,29)30;1-29-21-13(7-16(23)11-27-21)3-5-17-4-2-12(19(24)28-17)6-14-9-25-20-18(14)8-15(22)10-26-20;1-4(2)3;/h3,5,8-12H,4,6-7H2,1-2H3,(H,25,26);2,4,7-11H,3,5-6H2,1H3,(H,25,26);1H3,(H,2,3);/q;;;+1/p-1. The van der Waals surface area contributed by atoms with E-state index in [0.717, 1.165) is 46.0 Å². The first-order valence-electron chi connectivity index (χ1n) is 19.4. The Kier molecular flexibility index (Phi) is 18.5. The largest absolute Gasteiger partial charge is 1.00 e. The summed E-state index contributed by atoms with van der Waals surface area (Å²) in [7, 11) is -0.477. The van der Waals surface area contributed by atoms with Crippen molar-refractivity contribution in [3.8, 4) is 11.8 Å². The first kappa shape index (κ1) is 51.8. The molecule has 2 N–H and O–H groups in total. The van der Waals surface area contributed by atoms with E-state index in [1.807, 2.05) is 12.3 Å². The van der Waals surface area contributed by atoms with E-state index in [1.54, 1.807) is 36.7 Å². The van der Waals surface area contributed by atoms with Crippen LogP contribution in [0, 0.1) is 23.5 Å². The van der Waals surface area contributed by atoms with Gasteiger partial charge in [0.15, 0.2) is 9.84 Å². The van der Waals surface area contributed by atoms with Crippen molar-refractivity contribution in [1.82, 2.24) is 39.9 Å². The second-order valence-electron chi connectivity index (χ2n) is 14.4. The molecule has 0 saturated heterocycles. The summed E-state index contributed by atoms with van der Waals surface area (Å²) in [4.78, 5) is 30.5. The molecule has 0 aliphatic heterocycles. The van der Waals surface area contributed by atoms with Crippen molar-refractivity contribution in [2.24, 2.45) is 0 Å². The molecule has 8 heterocycles. The van der Waals surface area contributed by atoms with Crippen LogP contribution in [0.25, 0.3) is 22.1 Å². The fourth-order valence-corrected chi connectivity index (χ4v) is 7.62. The molecule has 8 aromatic rings. The second-order valence-corrected chi connectivity index (χ2v) is 18.2. The molecular formula is C44H40BrF4N8NaO6S2. The summed E-state index contributed by atoms with van der Waals surface area (Å²) in [6.45, 7) is 0. The molecule has 0 amide bonds. The molecule has 0 fully saturated rings. The summed E-state index contributed by atoms with van der Waals surface area (Å²) >= 11 is 1.55. The maximum atomic E-state index is 14.7. The van der Waals surface area contributed by atoms with E-state index in [2.05, 4.69) is 55.8 Å². The van der Waals surface area contributed by atoms with E-state index < -0.39 is 44.4 Å². The van der Waals surface area contributed by atoms with Gasteiger partial charge in [-0.3, -0.25) is 4.21 Å². The van der Waals surface area contributed by atoms with Crippen LogP contribution in [0.4, 0.5) is 17.6 Å². The first-order chi connectivity index (χ1) is 31.0. The van der Waals surface area contributed by atoms with Gasteiger partial charge in [0.25, 0.3) is 0 Å². The number of ether oxygens (including phenoxy) is 2. The van der Waals surface area contributed by atoms with Gasteiger partial charge in [-0.25, -0.2) is 47.1 Å². The Balaban J connectivity index is 0.000000227. The molecule has 8 rings (SSSR count). The zero-order chi connectivity index (χ0) is 46.8. The van der Waals surface area contributed by atoms with Crippen LogP contribution in [0.3, 0.4) is 0 Å². The number of nitrogens with one attached hydrogen (secondary N) is 2. The predicted octanol–water partition coefficient (Wildman–Crippen LogP) is 4.70. The Bertz CT molecular complexity index is 3110. The number of H-pyrrole nitrogens is 2. The Morgan fingerprint density at radius 3 is 1.52 bits per heavy atom. The van der Waals surface area contributed by atoms with E-state index in [9.17, 15) is 26.0 Å². The number of halogens is 5. The van der Waals surface area contributed by atoms with Crippen molar-refractivity contribution >= 4 is 58.9 Å². The van der Waals surface area contributed by atoms with Crippen LogP contribution in [0.15, 0.2) is 95.1 Å². The number of pyridine rings is 6. The average molecular weight is 1020 g/mol. The number of sulfone groups is 1. The minimum atomic E-state index is -3.41. The minimum absolute atomic E-state index is 0. The van der Waals surface area contributed by atoms with Crippen LogP contribution in [0.5, 0.6) is 11.8 Å². The van der Waals surface area contributed by atoms with Crippen LogP contribution < -0.4 is 39.0 Å². The molecule has 14 nitrogen and oxygen atoms in total. The van der Waals surface area contributed by atoms with Gasteiger partial charge in [0.05, 0.1) is 31.5 Å². The topological polar surface area (TPSA) is 202 Å². The zero-order valence-corrected chi connectivity index (χ0v) is 41.4. The summed E-state index contributed by atoms with van der Waals surface area (Å²) in [5.74, 6) is -1.34. The number of fused-ring (bicyclic) bond motifs is 2. The number of hydrogen-bond acceptors (Lipinski definition) is 12. The number of rotatable bonds is 13. The summed E-state index contributed by atoms with van der Waals surface area (Å²) in [5, 5.41) is 1.55. The summed E-state index contributed by atoms with van der Waals surface area (Å²) in [6.07, 6.45) is 13.2. The van der Waals surface area contributed by atoms with E-state index in [4.69, 9.17) is 18.2 Å². The molecule has 0 bridgehead atoms. The van der Waals surface area contributed by atoms with Crippen molar-refractivity contribution in [3.05, 3.63) is 158 Å².